The molecule has 2 rings (SSSR count). The highest BCUT2D eigenvalue weighted by Gasteiger charge is 2.48. The standard InChI is InChI=1S/C18H21F3N2O4/c1-2-10-26-16(24)15-9-8-14(11-23(15)17(25)18(19,20)21)22-27-12-13-6-4-3-5-7-13/h2-7,10,14-15,22H,8-9,11-12H2,1H3/b10-2+. The second-order valence-electron chi connectivity index (χ2n) is 6.04. The average molecular weight is 386 g/mol. The van der Waals surface area contributed by atoms with Crippen LogP contribution in [0.15, 0.2) is 42.7 Å². The fourth-order valence-electron chi connectivity index (χ4n) is 2.73. The van der Waals surface area contributed by atoms with Crippen molar-refractivity contribution in [1.29, 1.82) is 0 Å². The molecule has 6 nitrogen and oxygen atoms in total. The molecule has 9 heteroatoms. The van der Waals surface area contributed by atoms with Crippen molar-refractivity contribution in [1.82, 2.24) is 10.4 Å². The van der Waals surface area contributed by atoms with Crippen molar-refractivity contribution in [3.05, 3.63) is 48.2 Å². The summed E-state index contributed by atoms with van der Waals surface area (Å²) in [7, 11) is 0. The van der Waals surface area contributed by atoms with Gasteiger partial charge in [-0.05, 0) is 25.3 Å². The minimum atomic E-state index is -5.08. The molecule has 1 aromatic carbocycles. The third-order valence-corrected chi connectivity index (χ3v) is 4.01. The third kappa shape index (κ3) is 6.07. The number of allylic oxidation sites excluding steroid dienone is 1. The van der Waals surface area contributed by atoms with E-state index >= 15 is 0 Å². The summed E-state index contributed by atoms with van der Waals surface area (Å²) in [6.07, 6.45) is -2.19. The molecule has 0 aromatic heterocycles. The van der Waals surface area contributed by atoms with Gasteiger partial charge in [0, 0.05) is 12.6 Å². The number of hydroxylamine groups is 1. The van der Waals surface area contributed by atoms with E-state index in [0.29, 0.717) is 11.3 Å². The lowest BCUT2D eigenvalue weighted by molar-refractivity contribution is -0.192. The molecule has 0 spiro atoms. The Labute approximate surface area is 154 Å². The fraction of sp³-hybridized carbons (Fsp3) is 0.444. The molecular weight excluding hydrogens is 365 g/mol. The minimum Gasteiger partial charge on any atom is -0.433 e. The van der Waals surface area contributed by atoms with Crippen molar-refractivity contribution >= 4 is 11.9 Å². The van der Waals surface area contributed by atoms with Crippen molar-refractivity contribution < 1.29 is 32.3 Å². The van der Waals surface area contributed by atoms with Crippen molar-refractivity contribution in [2.24, 2.45) is 0 Å². The van der Waals surface area contributed by atoms with Crippen LogP contribution in [0.25, 0.3) is 0 Å². The molecule has 1 heterocycles. The number of benzene rings is 1. The molecule has 0 aliphatic carbocycles. The number of hydrogen-bond donors (Lipinski definition) is 1. The number of hydrogen-bond acceptors (Lipinski definition) is 5. The largest absolute Gasteiger partial charge is 0.471 e. The summed E-state index contributed by atoms with van der Waals surface area (Å²) in [6.45, 7) is 1.50. The average Bonchev–Trinajstić information content (AvgIpc) is 2.65. The summed E-state index contributed by atoms with van der Waals surface area (Å²) in [5.41, 5.74) is 3.57. The zero-order chi connectivity index (χ0) is 19.9. The van der Waals surface area contributed by atoms with Crippen LogP contribution < -0.4 is 5.48 Å². The maximum Gasteiger partial charge on any atom is 0.471 e. The number of piperidine rings is 1. The van der Waals surface area contributed by atoms with Crippen molar-refractivity contribution in [3.63, 3.8) is 0 Å². The quantitative estimate of drug-likeness (QED) is 0.463. The van der Waals surface area contributed by atoms with Gasteiger partial charge >= 0.3 is 18.1 Å². The Morgan fingerprint density at radius 2 is 1.96 bits per heavy atom. The first-order chi connectivity index (χ1) is 12.8. The van der Waals surface area contributed by atoms with Crippen LogP contribution in [0.4, 0.5) is 13.2 Å². The van der Waals surface area contributed by atoms with Crippen molar-refractivity contribution in [2.75, 3.05) is 6.54 Å². The van der Waals surface area contributed by atoms with Crippen LogP contribution in [-0.4, -0.2) is 41.6 Å². The van der Waals surface area contributed by atoms with Gasteiger partial charge in [-0.1, -0.05) is 36.4 Å². The molecule has 0 radical (unpaired) electrons. The topological polar surface area (TPSA) is 67.9 Å². The van der Waals surface area contributed by atoms with Gasteiger partial charge in [-0.25, -0.2) is 4.79 Å². The van der Waals surface area contributed by atoms with Gasteiger partial charge in [0.05, 0.1) is 12.9 Å². The lowest BCUT2D eigenvalue weighted by Crippen LogP contribution is -2.58. The lowest BCUT2D eigenvalue weighted by atomic mass is 9.98. The van der Waals surface area contributed by atoms with Crippen LogP contribution >= 0.6 is 0 Å². The molecule has 2 unspecified atom stereocenters. The Kier molecular flexibility index (Phi) is 7.37. The Morgan fingerprint density at radius 3 is 2.59 bits per heavy atom. The van der Waals surface area contributed by atoms with E-state index in [1.54, 1.807) is 6.92 Å². The van der Waals surface area contributed by atoms with E-state index in [-0.39, 0.29) is 19.6 Å². The number of halogens is 3. The summed E-state index contributed by atoms with van der Waals surface area (Å²) in [4.78, 5) is 29.6. The summed E-state index contributed by atoms with van der Waals surface area (Å²) in [6, 6.07) is 7.39. The Hall–Kier alpha value is -2.39. The molecule has 148 valence electrons. The number of amides is 1. The molecule has 1 aliphatic rings. The third-order valence-electron chi connectivity index (χ3n) is 4.01. The number of nitrogens with one attached hydrogen (secondary N) is 1. The van der Waals surface area contributed by atoms with Crippen LogP contribution in [0.5, 0.6) is 0 Å². The zero-order valence-electron chi connectivity index (χ0n) is 14.7. The fourth-order valence-corrected chi connectivity index (χ4v) is 2.73. The van der Waals surface area contributed by atoms with E-state index in [0.717, 1.165) is 11.8 Å². The predicted molar refractivity (Wildman–Crippen MR) is 89.9 cm³/mol. The van der Waals surface area contributed by atoms with E-state index in [4.69, 9.17) is 9.57 Å². The van der Waals surface area contributed by atoms with Crippen molar-refractivity contribution in [2.45, 2.75) is 44.6 Å². The highest BCUT2D eigenvalue weighted by molar-refractivity contribution is 5.88. The molecule has 2 atom stereocenters. The SMILES string of the molecule is C/C=C/OC(=O)C1CCC(NOCc2ccccc2)CN1C(=O)C(F)(F)F. The lowest BCUT2D eigenvalue weighted by Gasteiger charge is -2.38. The monoisotopic (exact) mass is 386 g/mol. The van der Waals surface area contributed by atoms with E-state index in [1.807, 2.05) is 30.3 Å². The predicted octanol–water partition coefficient (Wildman–Crippen LogP) is 2.71. The van der Waals surface area contributed by atoms with Gasteiger partial charge in [0.25, 0.3) is 0 Å². The van der Waals surface area contributed by atoms with Gasteiger partial charge in [0.1, 0.15) is 6.04 Å². The van der Waals surface area contributed by atoms with Gasteiger partial charge in [-0.15, -0.1) is 0 Å². The van der Waals surface area contributed by atoms with Crippen molar-refractivity contribution in [3.8, 4) is 0 Å². The van der Waals surface area contributed by atoms with Crippen LogP contribution in [-0.2, 0) is 25.8 Å². The van der Waals surface area contributed by atoms with Crippen LogP contribution in [0.1, 0.15) is 25.3 Å². The molecule has 0 bridgehead atoms. The van der Waals surface area contributed by atoms with Gasteiger partial charge in [-0.3, -0.25) is 9.63 Å². The van der Waals surface area contributed by atoms with E-state index < -0.39 is 30.1 Å². The second-order valence-corrected chi connectivity index (χ2v) is 6.04. The first kappa shape index (κ1) is 20.9. The Balaban J connectivity index is 1.99. The number of esters is 1. The summed E-state index contributed by atoms with van der Waals surface area (Å²) in [5.74, 6) is -2.96. The second kappa shape index (κ2) is 9.52. The minimum absolute atomic E-state index is 0.0323. The highest BCUT2D eigenvalue weighted by Crippen LogP contribution is 2.26. The van der Waals surface area contributed by atoms with E-state index in [1.165, 1.54) is 6.08 Å². The highest BCUT2D eigenvalue weighted by atomic mass is 19.4. The van der Waals surface area contributed by atoms with Crippen LogP contribution in [0.3, 0.4) is 0 Å². The van der Waals surface area contributed by atoms with Gasteiger partial charge in [-0.2, -0.15) is 18.7 Å². The zero-order valence-corrected chi connectivity index (χ0v) is 14.7. The number of alkyl halides is 3. The van der Waals surface area contributed by atoms with Gasteiger partial charge in [0.2, 0.25) is 0 Å². The molecule has 1 aromatic rings. The summed E-state index contributed by atoms with van der Waals surface area (Å²) in [5, 5.41) is 0. The Bertz CT molecular complexity index is 664. The molecule has 0 saturated carbocycles. The van der Waals surface area contributed by atoms with Crippen LogP contribution in [0, 0.1) is 0 Å². The van der Waals surface area contributed by atoms with Gasteiger partial charge in [0.15, 0.2) is 0 Å². The first-order valence-corrected chi connectivity index (χ1v) is 8.43. The summed E-state index contributed by atoms with van der Waals surface area (Å²) < 4.78 is 43.5. The first-order valence-electron chi connectivity index (χ1n) is 8.43. The number of rotatable bonds is 6. The molecule has 1 aliphatic heterocycles. The normalized spacial score (nSPS) is 20.7. The molecule has 1 amide bonds. The van der Waals surface area contributed by atoms with Crippen LogP contribution in [0.2, 0.25) is 0 Å². The number of nitrogens with zero attached hydrogens (tertiary/aromatic N) is 1. The maximum absolute atomic E-state index is 12.9. The number of carbonyl (C=O) groups is 2. The number of likely N-dealkylation sites (tertiary alicyclic amines) is 1. The summed E-state index contributed by atoms with van der Waals surface area (Å²) >= 11 is 0. The van der Waals surface area contributed by atoms with E-state index in [2.05, 4.69) is 5.48 Å². The molecule has 1 N–H and O–H groups in total. The molecule has 1 saturated heterocycles. The number of carbonyl (C=O) groups excluding carboxylic acids is 2. The molecule has 1 fully saturated rings. The smallest absolute Gasteiger partial charge is 0.433 e. The molecule has 27 heavy (non-hydrogen) atoms. The van der Waals surface area contributed by atoms with Gasteiger partial charge < -0.3 is 9.64 Å². The van der Waals surface area contributed by atoms with E-state index in [9.17, 15) is 22.8 Å². The molecular formula is C18H21F3N2O4. The maximum atomic E-state index is 12.9. The number of ether oxygens (including phenoxy) is 1. The Morgan fingerprint density at radius 1 is 1.26 bits per heavy atom.